The molecule has 0 saturated carbocycles. The van der Waals surface area contributed by atoms with Gasteiger partial charge in [-0.25, -0.2) is 13.6 Å². The lowest BCUT2D eigenvalue weighted by Gasteiger charge is -2.16. The third-order valence-corrected chi connectivity index (χ3v) is 3.11. The topological polar surface area (TPSA) is 186 Å². The molecule has 0 aromatic carbocycles. The highest BCUT2D eigenvalue weighted by atomic mass is 19.1. The van der Waals surface area contributed by atoms with Crippen molar-refractivity contribution >= 4 is 17.8 Å². The summed E-state index contributed by atoms with van der Waals surface area (Å²) in [7, 11) is 0. The van der Waals surface area contributed by atoms with Crippen LogP contribution >= 0.6 is 0 Å². The highest BCUT2D eigenvalue weighted by Crippen LogP contribution is 2.30. The number of rotatable bonds is 5. The largest absolute Gasteiger partial charge is 0.480 e. The zero-order valence-electron chi connectivity index (χ0n) is 20.3. The van der Waals surface area contributed by atoms with Crippen molar-refractivity contribution in [1.29, 1.82) is 0 Å². The minimum Gasteiger partial charge on any atom is -0.480 e. The van der Waals surface area contributed by atoms with Gasteiger partial charge in [0.25, 0.3) is 0 Å². The van der Waals surface area contributed by atoms with Crippen LogP contribution < -0.4 is 22.9 Å². The first-order valence-corrected chi connectivity index (χ1v) is 10.6. The Kier molecular flexibility index (Phi) is 23.0. The predicted molar refractivity (Wildman–Crippen MR) is 126 cm³/mol. The molecular weight excluding hydrogens is 456 g/mol. The van der Waals surface area contributed by atoms with Gasteiger partial charge in [0.15, 0.2) is 17.9 Å². The van der Waals surface area contributed by atoms with Crippen LogP contribution in [0.25, 0.3) is 0 Å². The molecule has 0 radical (unpaired) electrons. The van der Waals surface area contributed by atoms with E-state index in [0.29, 0.717) is 4.57 Å². The number of halogens is 2. The van der Waals surface area contributed by atoms with Crippen molar-refractivity contribution in [2.45, 2.75) is 65.5 Å². The third-order valence-electron chi connectivity index (χ3n) is 3.11. The molecular formula is C21H39F2N5O6. The van der Waals surface area contributed by atoms with E-state index < -0.39 is 47.8 Å². The number of esters is 1. The lowest BCUT2D eigenvalue weighted by Crippen LogP contribution is -2.31. The number of nitrogens with two attached hydrogens (primary N) is 3. The molecule has 1 fully saturated rings. The van der Waals surface area contributed by atoms with Gasteiger partial charge in [-0.2, -0.15) is 4.98 Å². The molecule has 13 heteroatoms. The van der Waals surface area contributed by atoms with Crippen LogP contribution in [0.5, 0.6) is 0 Å². The second-order valence-electron chi connectivity index (χ2n) is 6.46. The number of nitrogen functional groups attached to an aromatic ring is 1. The molecule has 34 heavy (non-hydrogen) atoms. The van der Waals surface area contributed by atoms with Gasteiger partial charge in [-0.3, -0.25) is 14.2 Å². The smallest absolute Gasteiger partial charge is 0.351 e. The number of carboxylic acids is 1. The fraction of sp³-hybridized carbons (Fsp3) is 0.619. The highest BCUT2D eigenvalue weighted by molar-refractivity contribution is 5.71. The quantitative estimate of drug-likeness (QED) is 0.346. The Balaban J connectivity index is -0.000000617. The van der Waals surface area contributed by atoms with Crippen LogP contribution in [0.3, 0.4) is 0 Å². The standard InChI is InChI=1S/C11H14F2N4O4.2C3H8.C2H5NO2.C2H4/c12-6-1-5(4-20-8(18)2-14)21-10(6)17-3-7(13)9(15)16-11(17)19;2*1-3-2;3-1-2(4)5;1-2/h3,5-6,10H,1-2,4,14H2,(H2,15,16,19);2*3H2,1-2H3;1,3H2,(H,4,5);1-2H2. The van der Waals surface area contributed by atoms with Gasteiger partial charge in [0, 0.05) is 6.42 Å². The van der Waals surface area contributed by atoms with Crippen LogP contribution in [0.2, 0.25) is 0 Å². The summed E-state index contributed by atoms with van der Waals surface area (Å²) in [5.74, 6) is -3.15. The van der Waals surface area contributed by atoms with Gasteiger partial charge < -0.3 is 31.8 Å². The average Bonchev–Trinajstić information content (AvgIpc) is 3.17. The number of carbonyl (C=O) groups is 2. The molecule has 0 bridgehead atoms. The Labute approximate surface area is 198 Å². The maximum atomic E-state index is 13.9. The number of aromatic nitrogens is 2. The van der Waals surface area contributed by atoms with Crippen LogP contribution in [0.1, 0.15) is 53.2 Å². The third kappa shape index (κ3) is 15.8. The number of alkyl halides is 1. The number of hydrogen-bond acceptors (Lipinski definition) is 9. The summed E-state index contributed by atoms with van der Waals surface area (Å²) in [5, 5.41) is 7.60. The van der Waals surface area contributed by atoms with E-state index in [-0.39, 0.29) is 26.1 Å². The number of carbonyl (C=O) groups excluding carboxylic acids is 1. The maximum absolute atomic E-state index is 13.9. The fourth-order valence-electron chi connectivity index (χ4n) is 1.94. The molecule has 11 nitrogen and oxygen atoms in total. The van der Waals surface area contributed by atoms with Gasteiger partial charge in [-0.15, -0.1) is 13.2 Å². The van der Waals surface area contributed by atoms with Gasteiger partial charge in [0.05, 0.1) is 25.4 Å². The molecule has 198 valence electrons. The molecule has 1 aliphatic heterocycles. The predicted octanol–water partition coefficient (Wildman–Crippen LogP) is 1.76. The van der Waals surface area contributed by atoms with Gasteiger partial charge in [0.2, 0.25) is 0 Å². The van der Waals surface area contributed by atoms with Crippen LogP contribution in [0, 0.1) is 5.82 Å². The van der Waals surface area contributed by atoms with Gasteiger partial charge in [-0.1, -0.05) is 40.5 Å². The number of nitrogens with zero attached hydrogens (tertiary/aromatic N) is 2. The Bertz CT molecular complexity index is 749. The van der Waals surface area contributed by atoms with E-state index in [1.807, 2.05) is 0 Å². The number of anilines is 1. The van der Waals surface area contributed by atoms with E-state index >= 15 is 0 Å². The van der Waals surface area contributed by atoms with E-state index in [9.17, 15) is 23.2 Å². The second-order valence-corrected chi connectivity index (χ2v) is 6.46. The van der Waals surface area contributed by atoms with Crippen molar-refractivity contribution in [3.63, 3.8) is 0 Å². The Hall–Kier alpha value is -2.90. The molecule has 0 amide bonds. The molecule has 0 aliphatic carbocycles. The number of hydrogen-bond donors (Lipinski definition) is 4. The molecule has 1 aromatic rings. The molecule has 3 unspecified atom stereocenters. The summed E-state index contributed by atoms with van der Waals surface area (Å²) in [4.78, 5) is 35.0. The van der Waals surface area contributed by atoms with Crippen molar-refractivity contribution in [1.82, 2.24) is 9.55 Å². The summed E-state index contributed by atoms with van der Waals surface area (Å²) in [6.45, 7) is 13.7. The zero-order chi connectivity index (χ0) is 27.3. The summed E-state index contributed by atoms with van der Waals surface area (Å²) < 4.78 is 37.9. The average molecular weight is 496 g/mol. The van der Waals surface area contributed by atoms with Crippen molar-refractivity contribution in [3.05, 3.63) is 35.7 Å². The van der Waals surface area contributed by atoms with E-state index in [1.165, 1.54) is 12.8 Å². The monoisotopic (exact) mass is 495 g/mol. The lowest BCUT2D eigenvalue weighted by molar-refractivity contribution is -0.146. The van der Waals surface area contributed by atoms with Gasteiger partial charge in [0.1, 0.15) is 12.8 Å². The van der Waals surface area contributed by atoms with Crippen LogP contribution in [-0.2, 0) is 19.1 Å². The molecule has 1 aromatic heterocycles. The van der Waals surface area contributed by atoms with E-state index in [4.69, 9.17) is 26.0 Å². The van der Waals surface area contributed by atoms with E-state index in [1.54, 1.807) is 0 Å². The Morgan fingerprint density at radius 2 is 1.71 bits per heavy atom. The zero-order valence-corrected chi connectivity index (χ0v) is 20.3. The van der Waals surface area contributed by atoms with Crippen molar-refractivity contribution < 1.29 is 33.0 Å². The Morgan fingerprint density at radius 1 is 1.24 bits per heavy atom. The first kappa shape index (κ1) is 35.7. The number of aliphatic carboxylic acids is 1. The molecule has 3 atom stereocenters. The van der Waals surface area contributed by atoms with Crippen molar-refractivity contribution in [2.75, 3.05) is 25.4 Å². The van der Waals surface area contributed by atoms with Crippen molar-refractivity contribution in [2.24, 2.45) is 11.5 Å². The number of ether oxygens (including phenoxy) is 2. The summed E-state index contributed by atoms with van der Waals surface area (Å²) in [6.07, 6.45) is -0.555. The van der Waals surface area contributed by atoms with Crippen LogP contribution in [0.4, 0.5) is 14.6 Å². The summed E-state index contributed by atoms with van der Waals surface area (Å²) in [6, 6.07) is 0. The normalized spacial score (nSPS) is 17.7. The fourth-order valence-corrected chi connectivity index (χ4v) is 1.94. The van der Waals surface area contributed by atoms with Crippen LogP contribution in [0.15, 0.2) is 24.1 Å². The Morgan fingerprint density at radius 3 is 2.12 bits per heavy atom. The van der Waals surface area contributed by atoms with E-state index in [0.717, 1.165) is 6.20 Å². The maximum Gasteiger partial charge on any atom is 0.351 e. The molecule has 2 heterocycles. The molecule has 2 rings (SSSR count). The van der Waals surface area contributed by atoms with Gasteiger partial charge >= 0.3 is 17.6 Å². The minimum atomic E-state index is -1.57. The lowest BCUT2D eigenvalue weighted by atomic mass is 10.2. The molecule has 0 spiro atoms. The molecule has 1 saturated heterocycles. The van der Waals surface area contributed by atoms with E-state index in [2.05, 4.69) is 51.6 Å². The first-order valence-electron chi connectivity index (χ1n) is 10.6. The molecule has 7 N–H and O–H groups in total. The molecule has 1 aliphatic rings. The summed E-state index contributed by atoms with van der Waals surface area (Å²) in [5.41, 5.74) is 13.8. The number of carboxylic acid groups (broad SMARTS) is 1. The van der Waals surface area contributed by atoms with Gasteiger partial charge in [-0.05, 0) is 0 Å². The minimum absolute atomic E-state index is 0.110. The second kappa shape index (κ2) is 21.9. The van der Waals surface area contributed by atoms with Crippen molar-refractivity contribution in [3.8, 4) is 0 Å². The first-order chi connectivity index (χ1) is 16.0. The SMILES string of the molecule is C=C.CCC.CCC.NCC(=O)O.NCC(=O)OCC1CC(F)C(n2cc(F)c(N)nc2=O)O1. The summed E-state index contributed by atoms with van der Waals surface area (Å²) >= 11 is 0. The van der Waals surface area contributed by atoms with Crippen LogP contribution in [-0.4, -0.2) is 58.6 Å². The highest BCUT2D eigenvalue weighted by Gasteiger charge is 2.38.